The Hall–Kier alpha value is -0.700. The van der Waals surface area contributed by atoms with Crippen LogP contribution in [0.15, 0.2) is 14.6 Å². The van der Waals surface area contributed by atoms with E-state index in [0.717, 1.165) is 9.29 Å². The normalized spacial score (nSPS) is 22.4. The van der Waals surface area contributed by atoms with Gasteiger partial charge in [0.1, 0.15) is 5.92 Å². The van der Waals surface area contributed by atoms with Gasteiger partial charge in [-0.25, -0.2) is 4.99 Å². The Morgan fingerprint density at radius 3 is 2.77 bits per heavy atom. The second-order valence-electron chi connectivity index (χ2n) is 3.11. The maximum absolute atomic E-state index is 11.2. The number of nitriles is 1. The predicted octanol–water partition coefficient (Wildman–Crippen LogP) is 2.08. The Morgan fingerprint density at radius 1 is 1.69 bits per heavy atom. The van der Waals surface area contributed by atoms with E-state index < -0.39 is 5.92 Å². The highest BCUT2D eigenvalue weighted by molar-refractivity contribution is 14.1. The maximum atomic E-state index is 11.2. The van der Waals surface area contributed by atoms with E-state index in [1.54, 1.807) is 6.08 Å². The summed E-state index contributed by atoms with van der Waals surface area (Å²) in [6.45, 7) is 3.95. The highest BCUT2D eigenvalue weighted by atomic mass is 127. The lowest BCUT2D eigenvalue weighted by molar-refractivity contribution is -0.119. The predicted molar refractivity (Wildman–Crippen MR) is 58.5 cm³/mol. The molecule has 0 N–H and O–H groups in total. The molecule has 0 aromatic carbocycles. The number of allylic oxidation sites excluding steroid dienone is 1. The Bertz CT molecular complexity index is 336. The van der Waals surface area contributed by atoms with Crippen molar-refractivity contribution in [2.24, 2.45) is 16.8 Å². The summed E-state index contributed by atoms with van der Waals surface area (Å²) in [5, 5.41) is 8.62. The van der Waals surface area contributed by atoms with Gasteiger partial charge in [-0.05, 0) is 34.6 Å². The number of carbonyl (C=O) groups is 1. The van der Waals surface area contributed by atoms with Gasteiger partial charge in [-0.3, -0.25) is 4.79 Å². The van der Waals surface area contributed by atoms with Crippen molar-refractivity contribution in [3.05, 3.63) is 9.66 Å². The van der Waals surface area contributed by atoms with E-state index in [2.05, 4.69) is 27.6 Å². The van der Waals surface area contributed by atoms with Crippen molar-refractivity contribution in [3.8, 4) is 6.07 Å². The van der Waals surface area contributed by atoms with Crippen LogP contribution in [0.3, 0.4) is 0 Å². The van der Waals surface area contributed by atoms with Gasteiger partial charge >= 0.3 is 0 Å². The molecule has 0 spiro atoms. The number of dihydropyridines is 1. The summed E-state index contributed by atoms with van der Waals surface area (Å²) in [6, 6.07) is 1.91. The standard InChI is InChI=1S/C9H9IN2O/c1-5(2)8-7(10)3-6(4-11)9(13)12-8/h3,5-6H,1-2H3. The van der Waals surface area contributed by atoms with Gasteiger partial charge in [0.05, 0.1) is 11.8 Å². The van der Waals surface area contributed by atoms with Crippen LogP contribution in [-0.2, 0) is 4.79 Å². The molecule has 0 saturated heterocycles. The molecule has 1 atom stereocenters. The molecule has 4 heteroatoms. The molecule has 1 aliphatic rings. The first kappa shape index (κ1) is 10.4. The van der Waals surface area contributed by atoms with Gasteiger partial charge in [0.2, 0.25) is 0 Å². The fraction of sp³-hybridized carbons (Fsp3) is 0.444. The minimum Gasteiger partial charge on any atom is -0.271 e. The van der Waals surface area contributed by atoms with E-state index in [9.17, 15) is 4.79 Å². The molecule has 0 aromatic heterocycles. The molecule has 0 saturated carbocycles. The minimum absolute atomic E-state index is 0.228. The SMILES string of the molecule is CC(C)C1=NC(=O)C(C#N)C=C1I. The Labute approximate surface area is 90.7 Å². The summed E-state index contributed by atoms with van der Waals surface area (Å²) in [5.41, 5.74) is 0.789. The van der Waals surface area contributed by atoms with Crippen LogP contribution in [0.25, 0.3) is 0 Å². The molecule has 3 nitrogen and oxygen atoms in total. The average Bonchev–Trinajstić information content (AvgIpc) is 2.07. The molecule has 1 unspecified atom stereocenters. The minimum atomic E-state index is -0.686. The number of carbonyl (C=O) groups excluding carboxylic acids is 1. The van der Waals surface area contributed by atoms with Gasteiger partial charge < -0.3 is 0 Å². The first-order valence-electron chi connectivity index (χ1n) is 3.96. The summed E-state index contributed by atoms with van der Waals surface area (Å²) < 4.78 is 0.916. The zero-order valence-electron chi connectivity index (χ0n) is 7.41. The van der Waals surface area contributed by atoms with E-state index in [1.165, 1.54) is 0 Å². The smallest absolute Gasteiger partial charge is 0.267 e. The van der Waals surface area contributed by atoms with Crippen LogP contribution in [-0.4, -0.2) is 11.6 Å². The van der Waals surface area contributed by atoms with Crippen LogP contribution in [0, 0.1) is 23.2 Å². The first-order chi connectivity index (χ1) is 6.06. The number of rotatable bonds is 1. The van der Waals surface area contributed by atoms with E-state index >= 15 is 0 Å². The Balaban J connectivity index is 3.02. The summed E-state index contributed by atoms with van der Waals surface area (Å²) in [4.78, 5) is 15.1. The molecule has 1 aliphatic heterocycles. The second kappa shape index (κ2) is 4.01. The first-order valence-corrected chi connectivity index (χ1v) is 5.04. The van der Waals surface area contributed by atoms with E-state index in [0.29, 0.717) is 0 Å². The van der Waals surface area contributed by atoms with Gasteiger partial charge in [0.15, 0.2) is 0 Å². The summed E-state index contributed by atoms with van der Waals surface area (Å²) in [7, 11) is 0. The van der Waals surface area contributed by atoms with Crippen LogP contribution in [0.5, 0.6) is 0 Å². The molecule has 0 aromatic rings. The molecule has 0 aliphatic carbocycles. The lowest BCUT2D eigenvalue weighted by Gasteiger charge is -2.14. The number of amides is 1. The molecular formula is C9H9IN2O. The van der Waals surface area contributed by atoms with Gasteiger partial charge in [-0.15, -0.1) is 0 Å². The van der Waals surface area contributed by atoms with E-state index in [-0.39, 0.29) is 11.8 Å². The van der Waals surface area contributed by atoms with Gasteiger partial charge in [0.25, 0.3) is 5.91 Å². The molecule has 13 heavy (non-hydrogen) atoms. The largest absolute Gasteiger partial charge is 0.271 e. The Morgan fingerprint density at radius 2 is 2.31 bits per heavy atom. The van der Waals surface area contributed by atoms with Crippen LogP contribution >= 0.6 is 22.6 Å². The lowest BCUT2D eigenvalue weighted by atomic mass is 10.0. The molecule has 0 fully saturated rings. The fourth-order valence-electron chi connectivity index (χ4n) is 1.04. The summed E-state index contributed by atoms with van der Waals surface area (Å²) in [6.07, 6.45) is 1.67. The maximum Gasteiger partial charge on any atom is 0.267 e. The monoisotopic (exact) mass is 288 g/mol. The third kappa shape index (κ3) is 2.15. The molecule has 1 rings (SSSR count). The third-order valence-corrected chi connectivity index (χ3v) is 2.65. The Kier molecular flexibility index (Phi) is 3.20. The van der Waals surface area contributed by atoms with Gasteiger partial charge in [-0.2, -0.15) is 5.26 Å². The van der Waals surface area contributed by atoms with Crippen molar-refractivity contribution in [2.45, 2.75) is 13.8 Å². The molecular weight excluding hydrogens is 279 g/mol. The number of hydrogen-bond acceptors (Lipinski definition) is 2. The molecule has 0 radical (unpaired) electrons. The van der Waals surface area contributed by atoms with Crippen LogP contribution < -0.4 is 0 Å². The summed E-state index contributed by atoms with van der Waals surface area (Å²) in [5.74, 6) is -0.798. The van der Waals surface area contributed by atoms with Crippen molar-refractivity contribution >= 4 is 34.2 Å². The quantitative estimate of drug-likeness (QED) is 0.694. The highest BCUT2D eigenvalue weighted by Crippen LogP contribution is 2.23. The molecule has 1 heterocycles. The molecule has 1 amide bonds. The third-order valence-electron chi connectivity index (χ3n) is 1.74. The van der Waals surface area contributed by atoms with Gasteiger partial charge in [-0.1, -0.05) is 13.8 Å². The van der Waals surface area contributed by atoms with Crippen LogP contribution in [0.1, 0.15) is 13.8 Å². The van der Waals surface area contributed by atoms with Crippen LogP contribution in [0.4, 0.5) is 0 Å². The lowest BCUT2D eigenvalue weighted by Crippen LogP contribution is -2.20. The number of aliphatic imine (C=N–C) groups is 1. The number of hydrogen-bond donors (Lipinski definition) is 0. The highest BCUT2D eigenvalue weighted by Gasteiger charge is 2.23. The van der Waals surface area contributed by atoms with Gasteiger partial charge in [0, 0.05) is 3.58 Å². The van der Waals surface area contributed by atoms with Crippen molar-refractivity contribution in [1.82, 2.24) is 0 Å². The average molecular weight is 288 g/mol. The molecule has 0 bridgehead atoms. The zero-order chi connectivity index (χ0) is 10.0. The van der Waals surface area contributed by atoms with E-state index in [4.69, 9.17) is 5.26 Å². The summed E-state index contributed by atoms with van der Waals surface area (Å²) >= 11 is 2.11. The van der Waals surface area contributed by atoms with Crippen molar-refractivity contribution in [3.63, 3.8) is 0 Å². The fourth-order valence-corrected chi connectivity index (χ4v) is 2.15. The number of halogens is 1. The van der Waals surface area contributed by atoms with Crippen molar-refractivity contribution in [1.29, 1.82) is 5.26 Å². The van der Waals surface area contributed by atoms with Crippen molar-refractivity contribution in [2.75, 3.05) is 0 Å². The number of nitrogens with zero attached hydrogens (tertiary/aromatic N) is 2. The topological polar surface area (TPSA) is 53.2 Å². The van der Waals surface area contributed by atoms with E-state index in [1.807, 2.05) is 19.9 Å². The second-order valence-corrected chi connectivity index (χ2v) is 4.27. The molecule has 68 valence electrons. The zero-order valence-corrected chi connectivity index (χ0v) is 9.57. The van der Waals surface area contributed by atoms with Crippen molar-refractivity contribution < 1.29 is 4.79 Å². The van der Waals surface area contributed by atoms with Crippen LogP contribution in [0.2, 0.25) is 0 Å².